The Morgan fingerprint density at radius 1 is 0.500 bits per heavy atom. The number of nitrogens with zero attached hydrogens (tertiary/aromatic N) is 2. The van der Waals surface area contributed by atoms with Gasteiger partial charge in [0.05, 0.1) is 0 Å². The van der Waals surface area contributed by atoms with E-state index in [0.717, 1.165) is 18.6 Å². The SMILES string of the molecule is ClN(Cl)c1ccccc1Oc1ccc2ccc(Oc3ccccc3N(Cl)Cl)cc2c1. The molecule has 0 amide bonds. The average molecular weight is 480 g/mol. The van der Waals surface area contributed by atoms with Crippen LogP contribution in [-0.4, -0.2) is 0 Å². The molecule has 0 aromatic heterocycles. The molecule has 0 atom stereocenters. The molecule has 0 saturated carbocycles. The number of hydrogen-bond donors (Lipinski definition) is 0. The lowest BCUT2D eigenvalue weighted by Crippen LogP contribution is -1.96. The van der Waals surface area contributed by atoms with Gasteiger partial charge in [-0.3, -0.25) is 0 Å². The molecule has 0 spiro atoms. The van der Waals surface area contributed by atoms with Gasteiger partial charge in [0.2, 0.25) is 0 Å². The molecule has 4 nitrogen and oxygen atoms in total. The van der Waals surface area contributed by atoms with Crippen LogP contribution in [0.15, 0.2) is 84.9 Å². The first kappa shape index (κ1) is 20.8. The zero-order valence-electron chi connectivity index (χ0n) is 15.3. The van der Waals surface area contributed by atoms with Gasteiger partial charge < -0.3 is 9.47 Å². The lowest BCUT2D eigenvalue weighted by atomic mass is 10.1. The third-order valence-corrected chi connectivity index (χ3v) is 5.06. The number of halogens is 4. The van der Waals surface area contributed by atoms with Crippen molar-refractivity contribution in [1.29, 1.82) is 0 Å². The van der Waals surface area contributed by atoms with Crippen LogP contribution < -0.4 is 17.3 Å². The van der Waals surface area contributed by atoms with E-state index >= 15 is 0 Å². The Hall–Kier alpha value is -2.50. The van der Waals surface area contributed by atoms with Crippen LogP contribution in [0.25, 0.3) is 10.8 Å². The fourth-order valence-corrected chi connectivity index (χ4v) is 3.51. The first-order valence-electron chi connectivity index (χ1n) is 8.82. The van der Waals surface area contributed by atoms with Crippen LogP contribution in [0.1, 0.15) is 0 Å². The van der Waals surface area contributed by atoms with Gasteiger partial charge in [-0.15, -0.1) is 0 Å². The molecular weight excluding hydrogens is 466 g/mol. The topological polar surface area (TPSA) is 24.9 Å². The van der Waals surface area contributed by atoms with Crippen molar-refractivity contribution in [1.82, 2.24) is 0 Å². The Balaban J connectivity index is 1.64. The van der Waals surface area contributed by atoms with Gasteiger partial charge in [0.25, 0.3) is 0 Å². The van der Waals surface area contributed by atoms with Crippen molar-refractivity contribution in [2.24, 2.45) is 0 Å². The van der Waals surface area contributed by atoms with Crippen LogP contribution in [0.4, 0.5) is 11.4 Å². The van der Waals surface area contributed by atoms with Gasteiger partial charge in [0.1, 0.15) is 22.9 Å². The summed E-state index contributed by atoms with van der Waals surface area (Å²) in [4.78, 5) is 0. The van der Waals surface area contributed by atoms with Crippen molar-refractivity contribution in [3.05, 3.63) is 84.9 Å². The predicted molar refractivity (Wildman–Crippen MR) is 125 cm³/mol. The summed E-state index contributed by atoms with van der Waals surface area (Å²) in [6.45, 7) is 0. The lowest BCUT2D eigenvalue weighted by molar-refractivity contribution is 0.483. The zero-order chi connectivity index (χ0) is 21.1. The highest BCUT2D eigenvalue weighted by Gasteiger charge is 2.11. The Bertz CT molecular complexity index is 1100. The quantitative estimate of drug-likeness (QED) is 0.258. The minimum Gasteiger partial charge on any atom is -0.455 e. The molecule has 0 fully saturated rings. The van der Waals surface area contributed by atoms with E-state index in [4.69, 9.17) is 56.6 Å². The summed E-state index contributed by atoms with van der Waals surface area (Å²) in [5.41, 5.74) is 1.09. The molecule has 0 bridgehead atoms. The molecule has 0 aliphatic heterocycles. The van der Waals surface area contributed by atoms with Crippen molar-refractivity contribution < 1.29 is 9.47 Å². The summed E-state index contributed by atoms with van der Waals surface area (Å²) in [6.07, 6.45) is 0. The highest BCUT2D eigenvalue weighted by Crippen LogP contribution is 2.37. The Morgan fingerprint density at radius 3 is 1.37 bits per heavy atom. The number of anilines is 2. The second kappa shape index (κ2) is 9.11. The fourth-order valence-electron chi connectivity index (χ4n) is 2.95. The van der Waals surface area contributed by atoms with Crippen LogP contribution in [0.3, 0.4) is 0 Å². The van der Waals surface area contributed by atoms with E-state index in [1.165, 1.54) is 0 Å². The van der Waals surface area contributed by atoms with Gasteiger partial charge in [-0.25, -0.2) is 0 Å². The number of benzene rings is 4. The predicted octanol–water partition coefficient (Wildman–Crippen LogP) is 8.65. The van der Waals surface area contributed by atoms with E-state index in [0.29, 0.717) is 34.4 Å². The third kappa shape index (κ3) is 4.63. The van der Waals surface area contributed by atoms with Crippen molar-refractivity contribution in [2.75, 3.05) is 7.88 Å². The molecule has 0 N–H and O–H groups in total. The highest BCUT2D eigenvalue weighted by molar-refractivity contribution is 6.50. The molecule has 4 aromatic rings. The van der Waals surface area contributed by atoms with E-state index in [2.05, 4.69) is 0 Å². The monoisotopic (exact) mass is 478 g/mol. The Labute approximate surface area is 194 Å². The smallest absolute Gasteiger partial charge is 0.153 e. The maximum atomic E-state index is 5.99. The van der Waals surface area contributed by atoms with E-state index in [1.54, 1.807) is 24.3 Å². The molecular formula is C22H14Cl4N2O2. The molecule has 8 heteroatoms. The maximum absolute atomic E-state index is 5.99. The number of rotatable bonds is 6. The van der Waals surface area contributed by atoms with Crippen molar-refractivity contribution >= 4 is 69.3 Å². The number of fused-ring (bicyclic) bond motifs is 1. The highest BCUT2D eigenvalue weighted by atomic mass is 35.5. The van der Waals surface area contributed by atoms with Crippen LogP contribution in [0.5, 0.6) is 23.0 Å². The zero-order valence-corrected chi connectivity index (χ0v) is 18.3. The van der Waals surface area contributed by atoms with Crippen LogP contribution in [-0.2, 0) is 0 Å². The van der Waals surface area contributed by atoms with Gasteiger partial charge in [0, 0.05) is 47.1 Å². The number of hydrogen-bond acceptors (Lipinski definition) is 4. The van der Waals surface area contributed by atoms with E-state index < -0.39 is 0 Å². The Kier molecular flexibility index (Phi) is 6.30. The van der Waals surface area contributed by atoms with E-state index in [1.807, 2.05) is 60.7 Å². The van der Waals surface area contributed by atoms with Gasteiger partial charge in [0.15, 0.2) is 11.5 Å². The molecule has 0 aliphatic rings. The molecule has 152 valence electrons. The van der Waals surface area contributed by atoms with Gasteiger partial charge in [-0.05, 0) is 59.3 Å². The standard InChI is InChI=1S/C22H14Cl4N2O2/c23-27(24)19-5-1-3-7-21(19)29-17-11-9-15-10-12-18(14-16(15)13-17)30-22-8-4-2-6-20(22)28(25)26/h1-14H. The largest absolute Gasteiger partial charge is 0.455 e. The summed E-state index contributed by atoms with van der Waals surface area (Å²) >= 11 is 23.5. The molecule has 0 saturated heterocycles. The minimum absolute atomic E-state index is 0.535. The average Bonchev–Trinajstić information content (AvgIpc) is 2.74. The van der Waals surface area contributed by atoms with Crippen LogP contribution >= 0.6 is 47.1 Å². The molecule has 30 heavy (non-hydrogen) atoms. The van der Waals surface area contributed by atoms with Gasteiger partial charge in [-0.2, -0.15) is 7.88 Å². The van der Waals surface area contributed by atoms with Gasteiger partial charge in [-0.1, -0.05) is 36.4 Å². The molecule has 4 rings (SSSR count). The first-order chi connectivity index (χ1) is 14.5. The molecule has 4 aromatic carbocycles. The molecule has 0 heterocycles. The summed E-state index contributed by atoms with van der Waals surface area (Å²) in [5.74, 6) is 2.34. The van der Waals surface area contributed by atoms with E-state index in [9.17, 15) is 0 Å². The first-order valence-corrected chi connectivity index (χ1v) is 10.2. The summed E-state index contributed by atoms with van der Waals surface area (Å²) in [6, 6.07) is 25.9. The molecule has 0 unspecified atom stereocenters. The van der Waals surface area contributed by atoms with Crippen molar-refractivity contribution in [3.8, 4) is 23.0 Å². The van der Waals surface area contributed by atoms with Crippen molar-refractivity contribution in [2.45, 2.75) is 0 Å². The molecule has 0 aliphatic carbocycles. The second-order valence-electron chi connectivity index (χ2n) is 6.28. The summed E-state index contributed by atoms with van der Waals surface area (Å²) < 4.78 is 13.9. The van der Waals surface area contributed by atoms with Gasteiger partial charge >= 0.3 is 0 Å². The summed E-state index contributed by atoms with van der Waals surface area (Å²) in [5, 5.41) is 1.96. The third-order valence-electron chi connectivity index (χ3n) is 4.33. The second-order valence-corrected chi connectivity index (χ2v) is 7.97. The van der Waals surface area contributed by atoms with E-state index in [-0.39, 0.29) is 0 Å². The maximum Gasteiger partial charge on any atom is 0.153 e. The van der Waals surface area contributed by atoms with Crippen LogP contribution in [0.2, 0.25) is 0 Å². The number of ether oxygens (including phenoxy) is 2. The molecule has 0 radical (unpaired) electrons. The van der Waals surface area contributed by atoms with Crippen molar-refractivity contribution in [3.63, 3.8) is 0 Å². The van der Waals surface area contributed by atoms with Crippen LogP contribution in [0, 0.1) is 0 Å². The minimum atomic E-state index is 0.535. The lowest BCUT2D eigenvalue weighted by Gasteiger charge is -2.14. The fraction of sp³-hybridized carbons (Fsp3) is 0. The normalized spacial score (nSPS) is 10.7. The summed E-state index contributed by atoms with van der Waals surface area (Å²) in [7, 11) is 0. The number of para-hydroxylation sites is 4. The Morgan fingerprint density at radius 2 is 0.933 bits per heavy atom.